The lowest BCUT2D eigenvalue weighted by Crippen LogP contribution is -2.49. The fraction of sp³-hybridized carbons (Fsp3) is 0.857. The van der Waals surface area contributed by atoms with E-state index in [0.717, 1.165) is 53.9 Å². The first-order valence-electron chi connectivity index (χ1n) is 13.5. The quantitative estimate of drug-likeness (QED) is 0.546. The summed E-state index contributed by atoms with van der Waals surface area (Å²) in [6.45, 7) is 6.09. The van der Waals surface area contributed by atoms with Crippen molar-refractivity contribution in [2.45, 2.75) is 91.0 Å². The van der Waals surface area contributed by atoms with Gasteiger partial charge in [-0.3, -0.25) is 4.68 Å². The van der Waals surface area contributed by atoms with Gasteiger partial charge in [-0.2, -0.15) is 10.4 Å². The Labute approximate surface area is 189 Å². The molecule has 0 saturated heterocycles. The van der Waals surface area contributed by atoms with Crippen LogP contribution < -0.4 is 0 Å². The molecule has 0 amide bonds. The summed E-state index contributed by atoms with van der Waals surface area (Å²) in [6, 6.07) is 2.23. The maximum Gasteiger partial charge on any atom is 0.102 e. The molecule has 9 atom stereocenters. The van der Waals surface area contributed by atoms with Crippen LogP contribution in [0, 0.1) is 70.0 Å². The van der Waals surface area contributed by atoms with Crippen molar-refractivity contribution >= 4 is 0 Å². The van der Waals surface area contributed by atoms with Gasteiger partial charge in [0, 0.05) is 12.7 Å². The third-order valence-corrected chi connectivity index (χ3v) is 11.3. The number of hydrogen-bond acceptors (Lipinski definition) is 2. The number of hydrogen-bond donors (Lipinski definition) is 0. The summed E-state index contributed by atoms with van der Waals surface area (Å²) >= 11 is 0. The highest BCUT2D eigenvalue weighted by atomic mass is 15.3. The lowest BCUT2D eigenvalue weighted by Gasteiger charge is -2.57. The Kier molecular flexibility index (Phi) is 5.00. The maximum absolute atomic E-state index is 9.13. The van der Waals surface area contributed by atoms with Crippen molar-refractivity contribution in [1.29, 1.82) is 5.26 Å². The van der Waals surface area contributed by atoms with Gasteiger partial charge in [0.05, 0.1) is 11.8 Å². The van der Waals surface area contributed by atoms with E-state index in [0.29, 0.717) is 16.9 Å². The van der Waals surface area contributed by atoms with Crippen LogP contribution in [0.3, 0.4) is 0 Å². The predicted octanol–water partition coefficient (Wildman–Crippen LogP) is 6.69. The highest BCUT2D eigenvalue weighted by molar-refractivity contribution is 5.21. The maximum atomic E-state index is 9.13. The van der Waals surface area contributed by atoms with Gasteiger partial charge in [0.2, 0.25) is 0 Å². The Balaban J connectivity index is 1.15. The minimum absolute atomic E-state index is 0.532. The van der Waals surface area contributed by atoms with Gasteiger partial charge in [-0.15, -0.1) is 0 Å². The van der Waals surface area contributed by atoms with Gasteiger partial charge in [0.15, 0.2) is 0 Å². The minimum Gasteiger partial charge on any atom is -0.271 e. The average Bonchev–Trinajstić information content (AvgIpc) is 3.43. The third kappa shape index (κ3) is 3.39. The van der Waals surface area contributed by atoms with E-state index in [-0.39, 0.29) is 0 Å². The van der Waals surface area contributed by atoms with E-state index in [1.54, 1.807) is 44.7 Å². The van der Waals surface area contributed by atoms with Crippen LogP contribution in [0.15, 0.2) is 12.4 Å². The average molecular weight is 420 g/mol. The Morgan fingerprint density at radius 2 is 1.77 bits per heavy atom. The summed E-state index contributed by atoms with van der Waals surface area (Å²) in [5, 5.41) is 13.6. The molecule has 3 heteroatoms. The third-order valence-electron chi connectivity index (χ3n) is 11.3. The van der Waals surface area contributed by atoms with Crippen LogP contribution in [0.2, 0.25) is 0 Å². The number of fused-ring (bicyclic) bond motifs is 5. The SMILES string of the molecule is C[C@@H](Cn1cc(C#N)cn1)C1CCC2[C@@H]3CC[C@@H]4CC(C5CC5)CC[C@@H]4C3CC[C@@]21C. The van der Waals surface area contributed by atoms with Crippen molar-refractivity contribution in [3.8, 4) is 6.07 Å². The van der Waals surface area contributed by atoms with Crippen LogP contribution in [0.1, 0.15) is 90.0 Å². The fourth-order valence-corrected chi connectivity index (χ4v) is 9.80. The first kappa shape index (κ1) is 20.3. The molecule has 1 aromatic rings. The summed E-state index contributed by atoms with van der Waals surface area (Å²) in [6.07, 6.45) is 20.4. The minimum atomic E-state index is 0.532. The smallest absolute Gasteiger partial charge is 0.102 e. The standard InChI is InChI=1S/C28H41N3/c1-18(16-31-17-19(14-29)15-30-31)26-9-10-27-25-8-6-22-13-21(20-3-4-20)5-7-23(22)24(25)11-12-28(26,27)2/h15,17-18,20-27H,3-13,16H2,1-2H3/t18-,21?,22+,23-,24?,25+,26?,27?,28+/m0/s1. The molecule has 3 nitrogen and oxygen atoms in total. The van der Waals surface area contributed by atoms with E-state index >= 15 is 0 Å². The second-order valence-corrected chi connectivity index (χ2v) is 12.6. The van der Waals surface area contributed by atoms with Gasteiger partial charge in [0.25, 0.3) is 0 Å². The molecule has 1 aromatic heterocycles. The monoisotopic (exact) mass is 419 g/mol. The zero-order valence-electron chi connectivity index (χ0n) is 19.7. The first-order chi connectivity index (χ1) is 15.1. The number of aromatic nitrogens is 2. The Morgan fingerprint density at radius 1 is 1.00 bits per heavy atom. The van der Waals surface area contributed by atoms with Crippen molar-refractivity contribution < 1.29 is 0 Å². The Bertz CT molecular complexity index is 847. The molecule has 0 N–H and O–H groups in total. The van der Waals surface area contributed by atoms with Crippen LogP contribution in [0.25, 0.3) is 0 Å². The molecular formula is C28H41N3. The van der Waals surface area contributed by atoms with E-state index in [4.69, 9.17) is 5.26 Å². The zero-order valence-corrected chi connectivity index (χ0v) is 19.7. The molecule has 0 spiro atoms. The Morgan fingerprint density at radius 3 is 2.55 bits per heavy atom. The van der Waals surface area contributed by atoms with Crippen molar-refractivity contribution in [2.75, 3.05) is 0 Å². The van der Waals surface area contributed by atoms with Crippen molar-refractivity contribution in [3.63, 3.8) is 0 Å². The predicted molar refractivity (Wildman–Crippen MR) is 123 cm³/mol. The van der Waals surface area contributed by atoms with Crippen LogP contribution in [-0.4, -0.2) is 9.78 Å². The molecule has 5 aliphatic carbocycles. The molecule has 4 unspecified atom stereocenters. The van der Waals surface area contributed by atoms with E-state index in [1.165, 1.54) is 32.1 Å². The summed E-state index contributed by atoms with van der Waals surface area (Å²) in [4.78, 5) is 0. The number of nitriles is 1. The van der Waals surface area contributed by atoms with Crippen molar-refractivity contribution in [2.24, 2.45) is 58.7 Å². The fourth-order valence-electron chi connectivity index (χ4n) is 9.80. The topological polar surface area (TPSA) is 41.6 Å². The van der Waals surface area contributed by atoms with Crippen LogP contribution in [-0.2, 0) is 6.54 Å². The molecule has 5 aliphatic rings. The number of rotatable bonds is 4. The van der Waals surface area contributed by atoms with Gasteiger partial charge in [0.1, 0.15) is 6.07 Å². The molecule has 0 aromatic carbocycles. The van der Waals surface area contributed by atoms with E-state index in [2.05, 4.69) is 25.0 Å². The highest BCUT2D eigenvalue weighted by Gasteiger charge is 2.58. The summed E-state index contributed by atoms with van der Waals surface area (Å²) in [5.74, 6) is 8.88. The molecule has 5 saturated carbocycles. The molecule has 31 heavy (non-hydrogen) atoms. The second-order valence-electron chi connectivity index (χ2n) is 12.6. The summed E-state index contributed by atoms with van der Waals surface area (Å²) in [7, 11) is 0. The van der Waals surface area contributed by atoms with Crippen LogP contribution >= 0.6 is 0 Å². The van der Waals surface area contributed by atoms with Gasteiger partial charge >= 0.3 is 0 Å². The second kappa shape index (κ2) is 7.64. The molecule has 168 valence electrons. The van der Waals surface area contributed by atoms with Gasteiger partial charge in [-0.25, -0.2) is 0 Å². The van der Waals surface area contributed by atoms with E-state index in [1.807, 2.05) is 10.9 Å². The van der Waals surface area contributed by atoms with Crippen molar-refractivity contribution in [3.05, 3.63) is 18.0 Å². The summed E-state index contributed by atoms with van der Waals surface area (Å²) in [5.41, 5.74) is 1.22. The molecule has 0 bridgehead atoms. The Hall–Kier alpha value is -1.30. The largest absolute Gasteiger partial charge is 0.271 e. The highest BCUT2D eigenvalue weighted by Crippen LogP contribution is 2.66. The van der Waals surface area contributed by atoms with Gasteiger partial charge in [-0.05, 0) is 129 Å². The summed E-state index contributed by atoms with van der Waals surface area (Å²) < 4.78 is 2.02. The van der Waals surface area contributed by atoms with Crippen LogP contribution in [0.5, 0.6) is 0 Å². The molecule has 0 radical (unpaired) electrons. The normalized spacial score (nSPS) is 45.3. The molecule has 5 fully saturated rings. The van der Waals surface area contributed by atoms with E-state index < -0.39 is 0 Å². The number of nitrogens with zero attached hydrogens (tertiary/aromatic N) is 3. The molecule has 0 aliphatic heterocycles. The van der Waals surface area contributed by atoms with Crippen LogP contribution in [0.4, 0.5) is 0 Å². The van der Waals surface area contributed by atoms with Crippen molar-refractivity contribution in [1.82, 2.24) is 9.78 Å². The molecule has 1 heterocycles. The zero-order chi connectivity index (χ0) is 21.2. The lowest BCUT2D eigenvalue weighted by molar-refractivity contribution is -0.0756. The first-order valence-corrected chi connectivity index (χ1v) is 13.5. The molecule has 6 rings (SSSR count). The van der Waals surface area contributed by atoms with Gasteiger partial charge in [-0.1, -0.05) is 13.8 Å². The van der Waals surface area contributed by atoms with Gasteiger partial charge < -0.3 is 0 Å². The lowest BCUT2D eigenvalue weighted by atomic mass is 9.48. The van der Waals surface area contributed by atoms with E-state index in [9.17, 15) is 0 Å². The molecular weight excluding hydrogens is 378 g/mol.